The van der Waals surface area contributed by atoms with E-state index in [2.05, 4.69) is 13.8 Å². The molecule has 4 rings (SSSR count). The molecule has 0 bridgehead atoms. The molecular formula is C22H32FIO3. The number of ether oxygens (including phenoxy) is 1. The molecule has 1 N–H and O–H groups in total. The van der Waals surface area contributed by atoms with Gasteiger partial charge < -0.3 is 9.84 Å². The van der Waals surface area contributed by atoms with Gasteiger partial charge in [0, 0.05) is 6.92 Å². The lowest BCUT2D eigenvalue weighted by Gasteiger charge is -2.61. The third-order valence-corrected chi connectivity index (χ3v) is 9.63. The van der Waals surface area contributed by atoms with Gasteiger partial charge in [0.25, 0.3) is 0 Å². The summed E-state index contributed by atoms with van der Waals surface area (Å²) >= 11 is 1.85. The molecule has 0 aromatic rings. The summed E-state index contributed by atoms with van der Waals surface area (Å²) < 4.78 is 19.7. The van der Waals surface area contributed by atoms with E-state index in [-0.39, 0.29) is 38.8 Å². The minimum Gasteiger partial charge on any atom is -0.463 e. The quantitative estimate of drug-likeness (QED) is 0.388. The highest BCUT2D eigenvalue weighted by atomic mass is 127. The Morgan fingerprint density at radius 3 is 2.59 bits per heavy atom. The zero-order valence-corrected chi connectivity index (χ0v) is 18.8. The Labute approximate surface area is 175 Å². The number of carbonyl (C=O) groups is 1. The van der Waals surface area contributed by atoms with Gasteiger partial charge in [0.2, 0.25) is 0 Å². The van der Waals surface area contributed by atoms with Crippen LogP contribution in [0.4, 0.5) is 4.39 Å². The first-order chi connectivity index (χ1) is 12.7. The fourth-order valence-electron chi connectivity index (χ4n) is 7.65. The predicted molar refractivity (Wildman–Crippen MR) is 111 cm³/mol. The monoisotopic (exact) mass is 490 g/mol. The van der Waals surface area contributed by atoms with Crippen LogP contribution in [0.1, 0.15) is 72.1 Å². The van der Waals surface area contributed by atoms with E-state index in [0.29, 0.717) is 17.8 Å². The molecule has 3 nitrogen and oxygen atoms in total. The number of esters is 1. The molecule has 8 atom stereocenters. The highest BCUT2D eigenvalue weighted by molar-refractivity contribution is 14.1. The van der Waals surface area contributed by atoms with E-state index in [9.17, 15) is 14.3 Å². The molecule has 0 aromatic carbocycles. The predicted octanol–water partition coefficient (Wildman–Crippen LogP) is 5.55. The summed E-state index contributed by atoms with van der Waals surface area (Å²) in [5.41, 5.74) is 1.13. The van der Waals surface area contributed by atoms with Crippen LogP contribution in [0.15, 0.2) is 9.41 Å². The SMILES string of the molecule is CC(=O)O[C@H]1CC[C@@]2(C)C(C1)C[C@H](O)C1C2CC[C@]2(C)/C(=C(\F)I)CCC12. The summed E-state index contributed by atoms with van der Waals surface area (Å²) in [6, 6.07) is 0. The normalized spacial score (nSPS) is 51.0. The lowest BCUT2D eigenvalue weighted by molar-refractivity contribution is -0.176. The molecule has 0 aromatic heterocycles. The second-order valence-corrected chi connectivity index (χ2v) is 11.0. The Hall–Kier alpha value is -0.170. The van der Waals surface area contributed by atoms with Crippen LogP contribution >= 0.6 is 22.6 Å². The standard InChI is InChI=1S/C22H32FIO3/c1-12(25)27-14-6-8-21(2)13(10-14)11-18(26)19-15-4-5-17(20(23)24)22(15,3)9-7-16(19)21/h13-16,18-19,26H,4-11H2,1-3H3/b20-17+/t13?,14-,15?,16?,18-,19?,21-,22-/m0/s1. The first-order valence-electron chi connectivity index (χ1n) is 10.6. The third-order valence-electron chi connectivity index (χ3n) is 8.98. The van der Waals surface area contributed by atoms with Crippen molar-refractivity contribution in [1.82, 2.24) is 0 Å². The van der Waals surface area contributed by atoms with Crippen molar-refractivity contribution in [2.75, 3.05) is 0 Å². The zero-order valence-electron chi connectivity index (χ0n) is 16.6. The van der Waals surface area contributed by atoms with E-state index in [1.165, 1.54) is 6.92 Å². The van der Waals surface area contributed by atoms with E-state index in [4.69, 9.17) is 4.74 Å². The van der Waals surface area contributed by atoms with Crippen LogP contribution in [-0.2, 0) is 9.53 Å². The summed E-state index contributed by atoms with van der Waals surface area (Å²) in [4.78, 5) is 11.4. The molecule has 0 aliphatic heterocycles. The highest BCUT2D eigenvalue weighted by Gasteiger charge is 2.62. The highest BCUT2D eigenvalue weighted by Crippen LogP contribution is 2.68. The zero-order chi connectivity index (χ0) is 19.6. The minimum absolute atomic E-state index is 0.00677. The molecule has 0 spiro atoms. The summed E-state index contributed by atoms with van der Waals surface area (Å²) in [6.07, 6.45) is 7.34. The third kappa shape index (κ3) is 3.10. The van der Waals surface area contributed by atoms with Crippen LogP contribution < -0.4 is 0 Å². The van der Waals surface area contributed by atoms with Gasteiger partial charge in [-0.05, 0) is 114 Å². The molecule has 0 saturated heterocycles. The molecule has 0 amide bonds. The van der Waals surface area contributed by atoms with E-state index >= 15 is 0 Å². The molecule has 4 fully saturated rings. The van der Waals surface area contributed by atoms with Crippen LogP contribution in [0.2, 0.25) is 0 Å². The maximum absolute atomic E-state index is 14.2. The van der Waals surface area contributed by atoms with E-state index < -0.39 is 0 Å². The molecular weight excluding hydrogens is 458 g/mol. The number of allylic oxidation sites excluding steroid dienone is 1. The Morgan fingerprint density at radius 2 is 1.93 bits per heavy atom. The van der Waals surface area contributed by atoms with Crippen molar-refractivity contribution in [2.24, 2.45) is 34.5 Å². The molecule has 152 valence electrons. The smallest absolute Gasteiger partial charge is 0.302 e. The summed E-state index contributed by atoms with van der Waals surface area (Å²) in [5.74, 6) is 1.39. The van der Waals surface area contributed by atoms with Gasteiger partial charge in [0.15, 0.2) is 3.83 Å². The first-order valence-corrected chi connectivity index (χ1v) is 11.6. The topological polar surface area (TPSA) is 46.5 Å². The number of aliphatic hydroxyl groups is 1. The van der Waals surface area contributed by atoms with Crippen molar-refractivity contribution in [3.8, 4) is 0 Å². The minimum atomic E-state index is -0.314. The van der Waals surface area contributed by atoms with Gasteiger partial charge in [0.1, 0.15) is 6.10 Å². The second-order valence-electron chi connectivity index (χ2n) is 10.0. The van der Waals surface area contributed by atoms with Gasteiger partial charge in [-0.15, -0.1) is 0 Å². The van der Waals surface area contributed by atoms with E-state index in [1.54, 1.807) is 0 Å². The van der Waals surface area contributed by atoms with Crippen LogP contribution in [0.25, 0.3) is 0 Å². The van der Waals surface area contributed by atoms with Gasteiger partial charge in [-0.3, -0.25) is 4.79 Å². The number of aliphatic hydroxyl groups excluding tert-OH is 1. The van der Waals surface area contributed by atoms with Gasteiger partial charge in [-0.25, -0.2) is 0 Å². The van der Waals surface area contributed by atoms with Crippen molar-refractivity contribution in [3.63, 3.8) is 0 Å². The van der Waals surface area contributed by atoms with Crippen molar-refractivity contribution >= 4 is 28.6 Å². The molecule has 5 heteroatoms. The summed E-state index contributed by atoms with van der Waals surface area (Å²) in [7, 11) is 0. The Bertz CT molecular complexity index is 660. The summed E-state index contributed by atoms with van der Waals surface area (Å²) in [5, 5.41) is 11.2. The van der Waals surface area contributed by atoms with Gasteiger partial charge in [-0.1, -0.05) is 13.8 Å². The van der Waals surface area contributed by atoms with Gasteiger partial charge in [-0.2, -0.15) is 4.39 Å². The van der Waals surface area contributed by atoms with E-state index in [1.807, 2.05) is 22.6 Å². The lowest BCUT2D eigenvalue weighted by atomic mass is 9.44. The van der Waals surface area contributed by atoms with E-state index in [0.717, 1.165) is 56.9 Å². The van der Waals surface area contributed by atoms with Gasteiger partial charge in [0.05, 0.1) is 6.10 Å². The van der Waals surface area contributed by atoms with Crippen LogP contribution in [0, 0.1) is 34.5 Å². The van der Waals surface area contributed by atoms with Crippen LogP contribution in [-0.4, -0.2) is 23.3 Å². The molecule has 4 unspecified atom stereocenters. The largest absolute Gasteiger partial charge is 0.463 e. The van der Waals surface area contributed by atoms with Crippen molar-refractivity contribution in [2.45, 2.75) is 84.3 Å². The van der Waals surface area contributed by atoms with Crippen LogP contribution in [0.5, 0.6) is 0 Å². The second kappa shape index (κ2) is 6.96. The number of rotatable bonds is 1. The number of hydrogen-bond acceptors (Lipinski definition) is 3. The fraction of sp³-hybridized carbons (Fsp3) is 0.864. The van der Waals surface area contributed by atoms with Crippen LogP contribution in [0.3, 0.4) is 0 Å². The average molecular weight is 490 g/mol. The fourth-order valence-corrected chi connectivity index (χ4v) is 8.54. The van der Waals surface area contributed by atoms with Crippen molar-refractivity contribution < 1.29 is 19.0 Å². The molecule has 4 aliphatic rings. The Kier molecular flexibility index (Phi) is 5.19. The maximum atomic E-state index is 14.2. The molecule has 27 heavy (non-hydrogen) atoms. The Balaban J connectivity index is 1.61. The lowest BCUT2D eigenvalue weighted by Crippen LogP contribution is -2.58. The number of hydrogen-bond donors (Lipinski definition) is 1. The number of fused-ring (bicyclic) bond motifs is 5. The molecule has 4 aliphatic carbocycles. The van der Waals surface area contributed by atoms with Crippen molar-refractivity contribution in [1.29, 1.82) is 0 Å². The number of carbonyl (C=O) groups excluding carboxylic acids is 1. The first kappa shape index (κ1) is 20.1. The molecule has 0 heterocycles. The van der Waals surface area contributed by atoms with Crippen molar-refractivity contribution in [3.05, 3.63) is 9.41 Å². The summed E-state index contributed by atoms with van der Waals surface area (Å²) in [6.45, 7) is 6.14. The maximum Gasteiger partial charge on any atom is 0.302 e. The molecule has 4 saturated carbocycles. The molecule has 0 radical (unpaired) electrons. The van der Waals surface area contributed by atoms with Gasteiger partial charge >= 0.3 is 5.97 Å². The average Bonchev–Trinajstić information content (AvgIpc) is 2.93. The number of halogens is 2. The Morgan fingerprint density at radius 1 is 1.19 bits per heavy atom.